The number of nitrogens with two attached hydrogens (primary N) is 1. The van der Waals surface area contributed by atoms with Gasteiger partial charge in [-0.2, -0.15) is 0 Å². The Morgan fingerprint density at radius 3 is 2.87 bits per heavy atom. The van der Waals surface area contributed by atoms with Gasteiger partial charge in [0.1, 0.15) is 0 Å². The monoisotopic (exact) mass is 212 g/mol. The van der Waals surface area contributed by atoms with Crippen molar-refractivity contribution in [3.05, 3.63) is 0 Å². The van der Waals surface area contributed by atoms with E-state index in [1.165, 1.54) is 12.8 Å². The predicted molar refractivity (Wildman–Crippen MR) is 65.1 cm³/mol. The lowest BCUT2D eigenvalue weighted by Gasteiger charge is -2.27. The summed E-state index contributed by atoms with van der Waals surface area (Å²) in [6.07, 6.45) is 3.54. The second-order valence-corrected chi connectivity index (χ2v) is 4.49. The smallest absolute Gasteiger partial charge is 0.191 e. The number of hydrogen-bond donors (Lipinski definition) is 1. The molecule has 0 spiro atoms. The molecule has 1 fully saturated rings. The number of likely N-dealkylation sites (tertiary alicyclic amines) is 1. The van der Waals surface area contributed by atoms with Gasteiger partial charge in [0.05, 0.1) is 0 Å². The summed E-state index contributed by atoms with van der Waals surface area (Å²) in [7, 11) is 4.21. The predicted octanol–water partition coefficient (Wildman–Crippen LogP) is 0.737. The third-order valence-electron chi connectivity index (χ3n) is 2.74. The first-order valence-corrected chi connectivity index (χ1v) is 5.86. The van der Waals surface area contributed by atoms with Gasteiger partial charge in [0.25, 0.3) is 0 Å². The van der Waals surface area contributed by atoms with Gasteiger partial charge in [-0.05, 0) is 33.4 Å². The van der Waals surface area contributed by atoms with E-state index in [2.05, 4.69) is 35.8 Å². The minimum atomic E-state index is 0.556. The number of hydrogen-bond acceptors (Lipinski definition) is 2. The van der Waals surface area contributed by atoms with E-state index in [1.54, 1.807) is 0 Å². The van der Waals surface area contributed by atoms with E-state index in [4.69, 9.17) is 5.73 Å². The summed E-state index contributed by atoms with van der Waals surface area (Å²) in [6.45, 7) is 5.11. The molecular formula is C11H24N4. The van der Waals surface area contributed by atoms with Crippen LogP contribution in [0, 0.1) is 0 Å². The van der Waals surface area contributed by atoms with Crippen molar-refractivity contribution in [3.63, 3.8) is 0 Å². The first kappa shape index (κ1) is 12.3. The minimum Gasteiger partial charge on any atom is -0.370 e. The van der Waals surface area contributed by atoms with E-state index in [9.17, 15) is 0 Å². The fourth-order valence-electron chi connectivity index (χ4n) is 2.07. The molecule has 0 amide bonds. The molecule has 1 aliphatic rings. The van der Waals surface area contributed by atoms with E-state index >= 15 is 0 Å². The molecule has 0 aliphatic carbocycles. The van der Waals surface area contributed by atoms with Crippen molar-refractivity contribution in [2.24, 2.45) is 10.7 Å². The Kier molecular flexibility index (Phi) is 4.88. The van der Waals surface area contributed by atoms with Crippen LogP contribution in [0.1, 0.15) is 26.2 Å². The van der Waals surface area contributed by atoms with Gasteiger partial charge in [0.15, 0.2) is 5.96 Å². The van der Waals surface area contributed by atoms with Gasteiger partial charge in [0, 0.05) is 25.7 Å². The Morgan fingerprint density at radius 2 is 2.27 bits per heavy atom. The van der Waals surface area contributed by atoms with Crippen LogP contribution in [0.3, 0.4) is 0 Å². The molecule has 0 bridgehead atoms. The molecule has 1 rings (SSSR count). The standard InChI is InChI=1S/C11H24N4/c1-4-7-13-11(12)15-8-5-6-10(15)9-14(2)3/h10H,4-9H2,1-3H3,(H2,12,13). The molecule has 1 unspecified atom stereocenters. The Balaban J connectivity index is 2.51. The maximum atomic E-state index is 5.99. The van der Waals surface area contributed by atoms with Crippen LogP contribution >= 0.6 is 0 Å². The highest BCUT2D eigenvalue weighted by Crippen LogP contribution is 2.17. The molecule has 0 saturated carbocycles. The molecule has 1 saturated heterocycles. The Hall–Kier alpha value is -0.770. The Bertz CT molecular complexity index is 213. The number of aliphatic imine (C=N–C) groups is 1. The molecule has 0 aromatic rings. The highest BCUT2D eigenvalue weighted by molar-refractivity contribution is 5.78. The van der Waals surface area contributed by atoms with Crippen molar-refractivity contribution in [3.8, 4) is 0 Å². The van der Waals surface area contributed by atoms with Crippen LogP contribution in [0.4, 0.5) is 0 Å². The van der Waals surface area contributed by atoms with Gasteiger partial charge in [-0.25, -0.2) is 0 Å². The van der Waals surface area contributed by atoms with E-state index in [-0.39, 0.29) is 0 Å². The van der Waals surface area contributed by atoms with Gasteiger partial charge in [-0.15, -0.1) is 0 Å². The van der Waals surface area contributed by atoms with Crippen LogP contribution in [0.5, 0.6) is 0 Å². The maximum absolute atomic E-state index is 5.99. The summed E-state index contributed by atoms with van der Waals surface area (Å²) < 4.78 is 0. The second-order valence-electron chi connectivity index (χ2n) is 4.49. The third-order valence-corrected chi connectivity index (χ3v) is 2.74. The van der Waals surface area contributed by atoms with E-state index in [0.717, 1.165) is 32.0 Å². The Morgan fingerprint density at radius 1 is 1.53 bits per heavy atom. The van der Waals surface area contributed by atoms with Crippen molar-refractivity contribution in [2.75, 3.05) is 33.7 Å². The SMILES string of the molecule is CCCN=C(N)N1CCCC1CN(C)C. The third kappa shape index (κ3) is 3.70. The molecule has 4 heteroatoms. The quantitative estimate of drug-likeness (QED) is 0.552. The summed E-state index contributed by atoms with van der Waals surface area (Å²) in [5.41, 5.74) is 5.99. The fraction of sp³-hybridized carbons (Fsp3) is 0.909. The van der Waals surface area contributed by atoms with Gasteiger partial charge >= 0.3 is 0 Å². The number of likely N-dealkylation sites (N-methyl/N-ethyl adjacent to an activating group) is 1. The van der Waals surface area contributed by atoms with Crippen LogP contribution in [-0.4, -0.2) is 55.5 Å². The minimum absolute atomic E-state index is 0.556. The lowest BCUT2D eigenvalue weighted by Crippen LogP contribution is -2.45. The first-order chi connectivity index (χ1) is 7.15. The van der Waals surface area contributed by atoms with Gasteiger partial charge in [0.2, 0.25) is 0 Å². The topological polar surface area (TPSA) is 44.9 Å². The van der Waals surface area contributed by atoms with Crippen molar-refractivity contribution in [1.29, 1.82) is 0 Å². The molecule has 0 radical (unpaired) electrons. The zero-order valence-electron chi connectivity index (χ0n) is 10.2. The molecule has 15 heavy (non-hydrogen) atoms. The van der Waals surface area contributed by atoms with E-state index in [1.807, 2.05) is 0 Å². The molecule has 0 aromatic heterocycles. The summed E-state index contributed by atoms with van der Waals surface area (Å²) in [5, 5.41) is 0. The molecule has 1 aliphatic heterocycles. The van der Waals surface area contributed by atoms with E-state index < -0.39 is 0 Å². The maximum Gasteiger partial charge on any atom is 0.191 e. The summed E-state index contributed by atoms with van der Waals surface area (Å²) in [6, 6.07) is 0.556. The fourth-order valence-corrected chi connectivity index (χ4v) is 2.07. The molecule has 1 heterocycles. The molecule has 88 valence electrons. The van der Waals surface area contributed by atoms with Crippen molar-refractivity contribution in [1.82, 2.24) is 9.80 Å². The largest absolute Gasteiger partial charge is 0.370 e. The van der Waals surface area contributed by atoms with Crippen LogP contribution in [0.25, 0.3) is 0 Å². The summed E-state index contributed by atoms with van der Waals surface area (Å²) in [5.74, 6) is 0.737. The van der Waals surface area contributed by atoms with Crippen LogP contribution in [0.15, 0.2) is 4.99 Å². The highest BCUT2D eigenvalue weighted by Gasteiger charge is 2.26. The first-order valence-electron chi connectivity index (χ1n) is 5.86. The number of rotatable bonds is 4. The number of guanidine groups is 1. The van der Waals surface area contributed by atoms with Gasteiger partial charge in [-0.3, -0.25) is 4.99 Å². The average molecular weight is 212 g/mol. The zero-order chi connectivity index (χ0) is 11.3. The van der Waals surface area contributed by atoms with Crippen LogP contribution < -0.4 is 5.73 Å². The van der Waals surface area contributed by atoms with Crippen molar-refractivity contribution in [2.45, 2.75) is 32.2 Å². The summed E-state index contributed by atoms with van der Waals surface area (Å²) in [4.78, 5) is 8.86. The van der Waals surface area contributed by atoms with Gasteiger partial charge < -0.3 is 15.5 Å². The van der Waals surface area contributed by atoms with Crippen molar-refractivity contribution < 1.29 is 0 Å². The molecule has 2 N–H and O–H groups in total. The van der Waals surface area contributed by atoms with E-state index in [0.29, 0.717) is 6.04 Å². The summed E-state index contributed by atoms with van der Waals surface area (Å²) >= 11 is 0. The highest BCUT2D eigenvalue weighted by atomic mass is 15.3. The molecule has 1 atom stereocenters. The zero-order valence-corrected chi connectivity index (χ0v) is 10.2. The van der Waals surface area contributed by atoms with Crippen LogP contribution in [0.2, 0.25) is 0 Å². The van der Waals surface area contributed by atoms with Crippen LogP contribution in [-0.2, 0) is 0 Å². The lowest BCUT2D eigenvalue weighted by atomic mass is 10.2. The average Bonchev–Trinajstić information content (AvgIpc) is 2.61. The Labute approximate surface area is 93.1 Å². The van der Waals surface area contributed by atoms with Crippen molar-refractivity contribution >= 4 is 5.96 Å². The molecule has 0 aromatic carbocycles. The normalized spacial score (nSPS) is 22.8. The number of nitrogens with zero attached hydrogens (tertiary/aromatic N) is 3. The second kappa shape index (κ2) is 5.95. The lowest BCUT2D eigenvalue weighted by molar-refractivity contribution is 0.283. The molecular weight excluding hydrogens is 188 g/mol. The molecule has 4 nitrogen and oxygen atoms in total. The van der Waals surface area contributed by atoms with Gasteiger partial charge in [-0.1, -0.05) is 6.92 Å².